The van der Waals surface area contributed by atoms with Crippen molar-refractivity contribution in [3.8, 4) is 0 Å². The van der Waals surface area contributed by atoms with Gasteiger partial charge in [0.1, 0.15) is 18.3 Å². The zero-order valence-electron chi connectivity index (χ0n) is 7.67. The SMILES string of the molecule is CCCC(O)[C@@H](O)C(O)[C@H](O)CO. The highest BCUT2D eigenvalue weighted by Crippen LogP contribution is 2.09. The minimum absolute atomic E-state index is 0.344. The van der Waals surface area contributed by atoms with Crippen molar-refractivity contribution < 1.29 is 25.5 Å². The van der Waals surface area contributed by atoms with Crippen molar-refractivity contribution in [3.05, 3.63) is 0 Å². The summed E-state index contributed by atoms with van der Waals surface area (Å²) in [6, 6.07) is 0. The van der Waals surface area contributed by atoms with Crippen LogP contribution in [0.2, 0.25) is 0 Å². The van der Waals surface area contributed by atoms with E-state index in [1.54, 1.807) is 0 Å². The van der Waals surface area contributed by atoms with E-state index in [-0.39, 0.29) is 0 Å². The van der Waals surface area contributed by atoms with Crippen LogP contribution in [0, 0.1) is 0 Å². The molecule has 0 saturated carbocycles. The molecular formula is C8H18O5. The third-order valence-corrected chi connectivity index (χ3v) is 1.91. The Kier molecular flexibility index (Phi) is 6.19. The second kappa shape index (κ2) is 6.28. The molecule has 5 heteroatoms. The summed E-state index contributed by atoms with van der Waals surface area (Å²) >= 11 is 0. The fourth-order valence-corrected chi connectivity index (χ4v) is 1.03. The maximum absolute atomic E-state index is 9.25. The molecule has 0 heterocycles. The monoisotopic (exact) mass is 194 g/mol. The number of rotatable bonds is 6. The summed E-state index contributed by atoms with van der Waals surface area (Å²) in [7, 11) is 0. The fourth-order valence-electron chi connectivity index (χ4n) is 1.03. The van der Waals surface area contributed by atoms with Gasteiger partial charge in [0, 0.05) is 0 Å². The van der Waals surface area contributed by atoms with Crippen LogP contribution in [0.3, 0.4) is 0 Å². The molecular weight excluding hydrogens is 176 g/mol. The summed E-state index contributed by atoms with van der Waals surface area (Å²) in [4.78, 5) is 0. The van der Waals surface area contributed by atoms with Gasteiger partial charge in [-0.3, -0.25) is 0 Å². The van der Waals surface area contributed by atoms with E-state index in [2.05, 4.69) is 0 Å². The molecule has 2 unspecified atom stereocenters. The third kappa shape index (κ3) is 4.02. The molecule has 0 spiro atoms. The van der Waals surface area contributed by atoms with Gasteiger partial charge in [-0.1, -0.05) is 13.3 Å². The van der Waals surface area contributed by atoms with Crippen LogP contribution in [0.5, 0.6) is 0 Å². The van der Waals surface area contributed by atoms with Crippen molar-refractivity contribution in [3.63, 3.8) is 0 Å². The van der Waals surface area contributed by atoms with Crippen LogP contribution in [-0.2, 0) is 0 Å². The van der Waals surface area contributed by atoms with E-state index in [0.29, 0.717) is 12.8 Å². The Balaban J connectivity index is 3.99. The molecule has 0 aromatic rings. The van der Waals surface area contributed by atoms with Gasteiger partial charge in [0.25, 0.3) is 0 Å². The molecule has 13 heavy (non-hydrogen) atoms. The van der Waals surface area contributed by atoms with Gasteiger partial charge in [-0.15, -0.1) is 0 Å². The normalized spacial score (nSPS) is 20.8. The molecule has 0 bridgehead atoms. The Hall–Kier alpha value is -0.200. The number of hydrogen-bond acceptors (Lipinski definition) is 5. The summed E-state index contributed by atoms with van der Waals surface area (Å²) in [5.74, 6) is 0. The van der Waals surface area contributed by atoms with E-state index in [0.717, 1.165) is 0 Å². The average molecular weight is 194 g/mol. The maximum Gasteiger partial charge on any atom is 0.110 e. The van der Waals surface area contributed by atoms with Gasteiger partial charge in [0.05, 0.1) is 12.7 Å². The van der Waals surface area contributed by atoms with E-state index in [1.165, 1.54) is 0 Å². The van der Waals surface area contributed by atoms with Crippen LogP contribution < -0.4 is 0 Å². The van der Waals surface area contributed by atoms with Crippen molar-refractivity contribution in [2.24, 2.45) is 0 Å². The highest BCUT2D eigenvalue weighted by Gasteiger charge is 2.29. The lowest BCUT2D eigenvalue weighted by Crippen LogP contribution is -2.45. The molecule has 0 rings (SSSR count). The molecule has 0 aliphatic carbocycles. The highest BCUT2D eigenvalue weighted by atomic mass is 16.4. The Labute approximate surface area is 77.3 Å². The first-order valence-corrected chi connectivity index (χ1v) is 4.37. The Morgan fingerprint density at radius 3 is 1.77 bits per heavy atom. The lowest BCUT2D eigenvalue weighted by Gasteiger charge is -2.25. The molecule has 80 valence electrons. The number of hydrogen-bond donors (Lipinski definition) is 5. The summed E-state index contributed by atoms with van der Waals surface area (Å²) in [6.07, 6.45) is -4.40. The molecule has 0 aromatic heterocycles. The Morgan fingerprint density at radius 1 is 0.923 bits per heavy atom. The molecule has 0 aliphatic rings. The van der Waals surface area contributed by atoms with E-state index in [9.17, 15) is 10.2 Å². The second-order valence-corrected chi connectivity index (χ2v) is 3.09. The van der Waals surface area contributed by atoms with Gasteiger partial charge in [0.15, 0.2) is 0 Å². The molecule has 0 aliphatic heterocycles. The zero-order chi connectivity index (χ0) is 10.4. The van der Waals surface area contributed by atoms with Crippen LogP contribution in [-0.4, -0.2) is 56.6 Å². The van der Waals surface area contributed by atoms with Crippen LogP contribution in [0.15, 0.2) is 0 Å². The Morgan fingerprint density at radius 2 is 1.38 bits per heavy atom. The van der Waals surface area contributed by atoms with Crippen molar-refractivity contribution in [2.45, 2.75) is 44.2 Å². The van der Waals surface area contributed by atoms with E-state index >= 15 is 0 Å². The molecule has 4 atom stereocenters. The average Bonchev–Trinajstić information content (AvgIpc) is 2.14. The minimum atomic E-state index is -1.51. The standard InChI is InChI=1S/C8H18O5/c1-2-3-5(10)7(12)8(13)6(11)4-9/h5-13H,2-4H2,1H3/t5?,6-,7-,8?/m1/s1. The lowest BCUT2D eigenvalue weighted by molar-refractivity contribution is -0.116. The molecule has 5 nitrogen and oxygen atoms in total. The number of aliphatic hydroxyl groups excluding tert-OH is 5. The predicted octanol–water partition coefficient (Wildman–Crippen LogP) is -1.78. The van der Waals surface area contributed by atoms with E-state index in [1.807, 2.05) is 6.92 Å². The molecule has 0 fully saturated rings. The lowest BCUT2D eigenvalue weighted by atomic mass is 10.0. The van der Waals surface area contributed by atoms with Gasteiger partial charge >= 0.3 is 0 Å². The van der Waals surface area contributed by atoms with Gasteiger partial charge in [-0.2, -0.15) is 0 Å². The van der Waals surface area contributed by atoms with Gasteiger partial charge < -0.3 is 25.5 Å². The minimum Gasteiger partial charge on any atom is -0.394 e. The quantitative estimate of drug-likeness (QED) is 0.344. The first-order chi connectivity index (χ1) is 6.04. The summed E-state index contributed by atoms with van der Waals surface area (Å²) in [5.41, 5.74) is 0. The summed E-state index contributed by atoms with van der Waals surface area (Å²) in [5, 5.41) is 45.0. The predicted molar refractivity (Wildman–Crippen MR) is 46.0 cm³/mol. The first kappa shape index (κ1) is 12.8. The third-order valence-electron chi connectivity index (χ3n) is 1.91. The summed E-state index contributed by atoms with van der Waals surface area (Å²) in [6.45, 7) is 1.18. The Bertz CT molecular complexity index is 130. The smallest absolute Gasteiger partial charge is 0.110 e. The first-order valence-electron chi connectivity index (χ1n) is 4.37. The van der Waals surface area contributed by atoms with Crippen molar-refractivity contribution in [1.82, 2.24) is 0 Å². The number of aliphatic hydroxyl groups is 5. The van der Waals surface area contributed by atoms with Crippen LogP contribution in [0.4, 0.5) is 0 Å². The van der Waals surface area contributed by atoms with Gasteiger partial charge in [0.2, 0.25) is 0 Å². The largest absolute Gasteiger partial charge is 0.394 e. The maximum atomic E-state index is 9.25. The van der Waals surface area contributed by atoms with E-state index in [4.69, 9.17) is 15.3 Å². The van der Waals surface area contributed by atoms with Crippen LogP contribution in [0.25, 0.3) is 0 Å². The van der Waals surface area contributed by atoms with E-state index < -0.39 is 31.0 Å². The van der Waals surface area contributed by atoms with Crippen molar-refractivity contribution in [1.29, 1.82) is 0 Å². The molecule has 0 aromatic carbocycles. The van der Waals surface area contributed by atoms with Crippen molar-refractivity contribution in [2.75, 3.05) is 6.61 Å². The fraction of sp³-hybridized carbons (Fsp3) is 1.00. The zero-order valence-corrected chi connectivity index (χ0v) is 7.67. The highest BCUT2D eigenvalue weighted by molar-refractivity contribution is 4.80. The topological polar surface area (TPSA) is 101 Å². The second-order valence-electron chi connectivity index (χ2n) is 3.09. The van der Waals surface area contributed by atoms with Gasteiger partial charge in [-0.05, 0) is 6.42 Å². The molecule has 0 amide bonds. The van der Waals surface area contributed by atoms with Crippen molar-refractivity contribution >= 4 is 0 Å². The molecule has 0 radical (unpaired) electrons. The van der Waals surface area contributed by atoms with Crippen LogP contribution >= 0.6 is 0 Å². The van der Waals surface area contributed by atoms with Crippen LogP contribution in [0.1, 0.15) is 19.8 Å². The summed E-state index contributed by atoms with van der Waals surface area (Å²) < 4.78 is 0. The molecule has 5 N–H and O–H groups in total. The van der Waals surface area contributed by atoms with Gasteiger partial charge in [-0.25, -0.2) is 0 Å². The molecule has 0 saturated heterocycles.